The number of ether oxygens (including phenoxy) is 2. The number of rotatable bonds is 10. The monoisotopic (exact) mass is 596 g/mol. The molecule has 8 heteroatoms. The van der Waals surface area contributed by atoms with Gasteiger partial charge in [0, 0.05) is 24.8 Å². The highest BCUT2D eigenvalue weighted by atomic mass is 19.1. The molecule has 2 aliphatic heterocycles. The maximum absolute atomic E-state index is 14.8. The van der Waals surface area contributed by atoms with E-state index in [2.05, 4.69) is 53.9 Å². The standard InChI is InChI=1S/C35H46F2N2O4/c1-9-11-27(37)22-26(12-10-20-36)30-31(40)39(35(38-30)19-21-43-29(23-35)34(5,6)7)28(17-18-33(2,3)4)24-13-15-25(16-14-24)32(41)42-8/h9-10,13-16,22,28-29H,1,11,17-21,23H2,2-8H3/b27-22+. The second-order valence-corrected chi connectivity index (χ2v) is 13.5. The first-order valence-electron chi connectivity index (χ1n) is 14.9. The van der Waals surface area contributed by atoms with Gasteiger partial charge in [-0.25, -0.2) is 18.6 Å². The third-order valence-corrected chi connectivity index (χ3v) is 7.92. The summed E-state index contributed by atoms with van der Waals surface area (Å²) in [4.78, 5) is 33.7. The van der Waals surface area contributed by atoms with E-state index in [0.29, 0.717) is 31.4 Å². The number of alkyl halides is 1. The van der Waals surface area contributed by atoms with Gasteiger partial charge < -0.3 is 14.4 Å². The lowest BCUT2D eigenvalue weighted by Gasteiger charge is -2.48. The van der Waals surface area contributed by atoms with Crippen LogP contribution >= 0.6 is 0 Å². The molecule has 1 saturated heterocycles. The summed E-state index contributed by atoms with van der Waals surface area (Å²) in [6.07, 6.45) is 5.80. The summed E-state index contributed by atoms with van der Waals surface area (Å²) in [7, 11) is 1.33. The first kappa shape index (κ1) is 34.1. The molecule has 1 fully saturated rings. The zero-order valence-electron chi connectivity index (χ0n) is 26.6. The lowest BCUT2D eigenvalue weighted by Crippen LogP contribution is -2.55. The molecule has 2 heterocycles. The van der Waals surface area contributed by atoms with Crippen LogP contribution in [-0.2, 0) is 14.3 Å². The molecule has 0 aliphatic carbocycles. The highest BCUT2D eigenvalue weighted by Crippen LogP contribution is 2.47. The smallest absolute Gasteiger partial charge is 0.337 e. The van der Waals surface area contributed by atoms with Crippen LogP contribution in [0.2, 0.25) is 0 Å². The molecule has 1 spiro atoms. The fraction of sp³-hybridized carbons (Fsp3) is 0.543. The molecule has 43 heavy (non-hydrogen) atoms. The Balaban J connectivity index is 2.24. The minimum Gasteiger partial charge on any atom is -0.465 e. The van der Waals surface area contributed by atoms with E-state index >= 15 is 0 Å². The van der Waals surface area contributed by atoms with Crippen molar-refractivity contribution in [3.63, 3.8) is 0 Å². The van der Waals surface area contributed by atoms with Crippen LogP contribution in [0.25, 0.3) is 0 Å². The zero-order valence-corrected chi connectivity index (χ0v) is 26.6. The van der Waals surface area contributed by atoms with Gasteiger partial charge in [-0.2, -0.15) is 0 Å². The Labute approximate surface area is 255 Å². The number of amides is 1. The second kappa shape index (κ2) is 14.0. The molecule has 0 saturated carbocycles. The first-order chi connectivity index (χ1) is 20.2. The van der Waals surface area contributed by atoms with Gasteiger partial charge >= 0.3 is 5.97 Å². The summed E-state index contributed by atoms with van der Waals surface area (Å²) in [6.45, 7) is 15.9. The zero-order chi connectivity index (χ0) is 32.0. The number of nitrogens with zero attached hydrogens (tertiary/aromatic N) is 2. The van der Waals surface area contributed by atoms with E-state index in [1.165, 1.54) is 19.3 Å². The van der Waals surface area contributed by atoms with Crippen LogP contribution in [-0.4, -0.2) is 54.6 Å². The fourth-order valence-corrected chi connectivity index (χ4v) is 5.57. The molecule has 0 bridgehead atoms. The number of allylic oxidation sites excluding steroid dienone is 3. The maximum atomic E-state index is 14.8. The Morgan fingerprint density at radius 2 is 1.93 bits per heavy atom. The van der Waals surface area contributed by atoms with E-state index in [4.69, 9.17) is 14.5 Å². The van der Waals surface area contributed by atoms with Gasteiger partial charge in [0.1, 0.15) is 23.9 Å². The molecule has 1 aromatic carbocycles. The molecule has 2 aliphatic rings. The summed E-state index contributed by atoms with van der Waals surface area (Å²) >= 11 is 0. The third kappa shape index (κ3) is 8.39. The van der Waals surface area contributed by atoms with E-state index in [-0.39, 0.29) is 40.5 Å². The van der Waals surface area contributed by atoms with Gasteiger partial charge in [0.05, 0.1) is 31.4 Å². The number of methoxy groups -OCH3 is 1. The number of benzene rings is 1. The van der Waals surface area contributed by atoms with Crippen molar-refractivity contribution < 1.29 is 27.8 Å². The molecular weight excluding hydrogens is 550 g/mol. The molecule has 0 N–H and O–H groups in total. The molecule has 3 rings (SSSR count). The average molecular weight is 597 g/mol. The molecule has 3 atom stereocenters. The summed E-state index contributed by atoms with van der Waals surface area (Å²) in [5, 5.41) is 0. The molecule has 6 nitrogen and oxygen atoms in total. The van der Waals surface area contributed by atoms with E-state index < -0.39 is 30.2 Å². The number of halogens is 2. The number of hydrogen-bond acceptors (Lipinski definition) is 5. The molecule has 234 valence electrons. The number of carbonyl (C=O) groups excluding carboxylic acids is 2. The quantitative estimate of drug-likeness (QED) is 0.119. The van der Waals surface area contributed by atoms with E-state index in [9.17, 15) is 18.4 Å². The highest BCUT2D eigenvalue weighted by molar-refractivity contribution is 6.47. The number of esters is 1. The Kier molecular flexibility index (Phi) is 11.1. The van der Waals surface area contributed by atoms with Crippen molar-refractivity contribution in [3.8, 4) is 0 Å². The maximum Gasteiger partial charge on any atom is 0.337 e. The molecule has 1 amide bonds. The van der Waals surface area contributed by atoms with Crippen LogP contribution in [0, 0.1) is 10.8 Å². The molecule has 0 radical (unpaired) electrons. The van der Waals surface area contributed by atoms with Gasteiger partial charge in [0.2, 0.25) is 0 Å². The number of carbonyl (C=O) groups is 2. The Morgan fingerprint density at radius 3 is 2.49 bits per heavy atom. The predicted octanol–water partition coefficient (Wildman–Crippen LogP) is 8.03. The minimum absolute atomic E-state index is 0.0288. The van der Waals surface area contributed by atoms with Crippen LogP contribution in [0.3, 0.4) is 0 Å². The molecule has 0 aromatic heterocycles. The topological polar surface area (TPSA) is 68.2 Å². The number of hydrogen-bond donors (Lipinski definition) is 0. The Bertz CT molecular complexity index is 1310. The van der Waals surface area contributed by atoms with Gasteiger partial charge in [-0.15, -0.1) is 12.3 Å². The van der Waals surface area contributed by atoms with Crippen LogP contribution in [0.5, 0.6) is 0 Å². The fourth-order valence-electron chi connectivity index (χ4n) is 5.57. The SMILES string of the molecule is C=CC/C(F)=C\C(=C=CCF)C1=NC2(CCOC(C(C)(C)C)C2)N(C(CCC(C)(C)C)c2ccc(C(=O)OC)cc2)C1=O. The lowest BCUT2D eigenvalue weighted by molar-refractivity contribution is -0.146. The van der Waals surface area contributed by atoms with Crippen molar-refractivity contribution in [2.45, 2.75) is 91.5 Å². The highest BCUT2D eigenvalue weighted by Gasteiger charge is 2.54. The van der Waals surface area contributed by atoms with Gasteiger partial charge in [-0.1, -0.05) is 59.8 Å². The lowest BCUT2D eigenvalue weighted by atomic mass is 9.79. The third-order valence-electron chi connectivity index (χ3n) is 7.92. The molecule has 1 aromatic rings. The molecular formula is C35H46F2N2O4. The minimum atomic E-state index is -0.975. The van der Waals surface area contributed by atoms with Crippen molar-refractivity contribution >= 4 is 17.6 Å². The van der Waals surface area contributed by atoms with Gasteiger partial charge in [-0.05, 0) is 53.5 Å². The molecule has 3 unspecified atom stereocenters. The van der Waals surface area contributed by atoms with E-state index in [1.54, 1.807) is 12.1 Å². The van der Waals surface area contributed by atoms with Crippen LogP contribution in [0.4, 0.5) is 8.78 Å². The van der Waals surface area contributed by atoms with Crippen molar-refractivity contribution in [2.75, 3.05) is 20.4 Å². The van der Waals surface area contributed by atoms with Gasteiger partial charge in [0.15, 0.2) is 0 Å². The van der Waals surface area contributed by atoms with Gasteiger partial charge in [-0.3, -0.25) is 4.79 Å². The summed E-state index contributed by atoms with van der Waals surface area (Å²) < 4.78 is 39.1. The largest absolute Gasteiger partial charge is 0.465 e. The van der Waals surface area contributed by atoms with Crippen molar-refractivity contribution in [2.24, 2.45) is 15.8 Å². The van der Waals surface area contributed by atoms with Crippen molar-refractivity contribution in [3.05, 3.63) is 77.3 Å². The van der Waals surface area contributed by atoms with Crippen molar-refractivity contribution in [1.29, 1.82) is 0 Å². The normalized spacial score (nSPS) is 21.7. The first-order valence-corrected chi connectivity index (χ1v) is 14.9. The van der Waals surface area contributed by atoms with E-state index in [0.717, 1.165) is 18.1 Å². The van der Waals surface area contributed by atoms with Crippen LogP contribution < -0.4 is 0 Å². The average Bonchev–Trinajstić information content (AvgIpc) is 3.21. The second-order valence-electron chi connectivity index (χ2n) is 13.5. The number of aliphatic imine (C=N–C) groups is 1. The van der Waals surface area contributed by atoms with Crippen LogP contribution in [0.15, 0.2) is 71.2 Å². The predicted molar refractivity (Wildman–Crippen MR) is 166 cm³/mol. The van der Waals surface area contributed by atoms with Crippen molar-refractivity contribution in [1.82, 2.24) is 4.90 Å². The van der Waals surface area contributed by atoms with E-state index in [1.807, 2.05) is 17.0 Å². The Hall–Kier alpha value is -3.35. The van der Waals surface area contributed by atoms with Gasteiger partial charge in [0.25, 0.3) is 5.91 Å². The summed E-state index contributed by atoms with van der Waals surface area (Å²) in [5.74, 6) is -1.35. The summed E-state index contributed by atoms with van der Waals surface area (Å²) in [5.41, 5.74) is 2.94. The summed E-state index contributed by atoms with van der Waals surface area (Å²) in [6, 6.07) is 6.69. The van der Waals surface area contributed by atoms with Crippen LogP contribution in [0.1, 0.15) is 95.6 Å². The Morgan fingerprint density at radius 1 is 1.26 bits per heavy atom.